The molecule has 3 saturated heterocycles. The van der Waals surface area contributed by atoms with Gasteiger partial charge in [0.05, 0.1) is 47.6 Å². The van der Waals surface area contributed by atoms with Crippen LogP contribution in [-0.4, -0.2) is 153 Å². The Labute approximate surface area is 462 Å². The van der Waals surface area contributed by atoms with Gasteiger partial charge < -0.3 is 41.3 Å². The Kier molecular flexibility index (Phi) is 20.5. The maximum atomic E-state index is 14.9. The number of aromatic nitrogens is 3. The van der Waals surface area contributed by atoms with Crippen LogP contribution < -0.4 is 26.6 Å². The third-order valence-corrected chi connectivity index (χ3v) is 17.1. The van der Waals surface area contributed by atoms with Crippen molar-refractivity contribution in [2.45, 2.75) is 140 Å². The second-order valence-corrected chi connectivity index (χ2v) is 22.5. The van der Waals surface area contributed by atoms with Crippen LogP contribution in [0, 0.1) is 11.7 Å². The summed E-state index contributed by atoms with van der Waals surface area (Å²) in [6.07, 6.45) is 19.2. The minimum absolute atomic E-state index is 0.00450. The molecule has 17 nitrogen and oxygen atoms in total. The van der Waals surface area contributed by atoms with Crippen LogP contribution in [0.5, 0.6) is 0 Å². The Hall–Kier alpha value is -6.25. The molecule has 1 aromatic carbocycles. The summed E-state index contributed by atoms with van der Waals surface area (Å²) in [6.45, 7) is 11.0. The number of fused-ring (bicyclic) bond motifs is 6. The lowest BCUT2D eigenvalue weighted by Crippen LogP contribution is -2.58. The fourth-order valence-corrected chi connectivity index (χ4v) is 12.5. The van der Waals surface area contributed by atoms with Crippen LogP contribution in [0.25, 0.3) is 11.1 Å². The number of ketones is 1. The van der Waals surface area contributed by atoms with Crippen molar-refractivity contribution in [3.63, 3.8) is 0 Å². The average Bonchev–Trinajstić information content (AvgIpc) is 4.32. The van der Waals surface area contributed by atoms with E-state index in [2.05, 4.69) is 37.3 Å². The Balaban J connectivity index is 0.753. The normalized spacial score (nSPS) is 22.3. The zero-order valence-electron chi connectivity index (χ0n) is 45.6. The highest BCUT2D eigenvalue weighted by Gasteiger charge is 2.43. The SMILES string of the molecule is C=C1/C=C(F)\C=C/CC(=O)N(C)Cc2nn(CCNC(=O)CCCCCCCCN3CCC([C@@H](NC(=O)[C@@H](C)NC)C(=O)N4CCC[C@@H]4C4=NC(C(=O)c5ccc(F)cc5)CS4)CC3)cc2-c2cnc(N)c(c2)N2CCC[C@H]12. The smallest absolute Gasteiger partial charge is 0.246 e. The average molecular weight is 1090 g/mol. The highest BCUT2D eigenvalue weighted by molar-refractivity contribution is 8.14. The number of amides is 4. The molecule has 5 N–H and O–H groups in total. The molecule has 1 unspecified atom stereocenters. The number of thioether (sulfide) groups is 1. The monoisotopic (exact) mass is 1090 g/mol. The van der Waals surface area contributed by atoms with Crippen LogP contribution in [0.1, 0.15) is 113 Å². The van der Waals surface area contributed by atoms with Gasteiger partial charge in [-0.1, -0.05) is 38.3 Å². The number of carbonyl (C=O) groups is 5. The summed E-state index contributed by atoms with van der Waals surface area (Å²) in [7, 11) is 3.43. The predicted octanol–water partition coefficient (Wildman–Crippen LogP) is 7.00. The van der Waals surface area contributed by atoms with Crippen molar-refractivity contribution in [3.05, 3.63) is 96.0 Å². The quantitative estimate of drug-likeness (QED) is 0.0668. The standard InChI is InChI=1S/C58H78F2N12O5S/c1-38-32-44(60)14-11-18-52(74)68(4)36-46-45(42-33-50(55(61)64-34-42)71-27-12-15-48(38)71)35-70(67-46)31-25-63-51(73)17-9-7-5-6-8-10-26-69-29-23-40(24-30-69)53(66-56(76)39(2)62-3)58(77)72-28-13-16-49(72)57-65-47(37-78-57)54(75)41-19-21-43(59)22-20-41/h11,14,19-22,32-35,39-40,47-49,53,62H,1,5-10,12-13,15-18,23-31,36-37H2,2-4H3,(H2,61,64)(H,63,73)(H,66,76)/b14-11-,44-32+/t39-,47?,48-,49-,53-/m1/s1. The Bertz CT molecular complexity index is 2720. The molecule has 0 radical (unpaired) electrons. The molecule has 7 heterocycles. The molecule has 78 heavy (non-hydrogen) atoms. The molecule has 0 spiro atoms. The molecule has 20 heteroatoms. The van der Waals surface area contributed by atoms with Crippen LogP contribution in [-0.2, 0) is 32.3 Å². The van der Waals surface area contributed by atoms with Gasteiger partial charge in [-0.2, -0.15) is 5.10 Å². The van der Waals surface area contributed by atoms with Gasteiger partial charge in [-0.05, 0) is 139 Å². The number of benzene rings is 1. The minimum atomic E-state index is -0.663. The first kappa shape index (κ1) is 57.9. The van der Waals surface area contributed by atoms with Crippen LogP contribution in [0.3, 0.4) is 0 Å². The minimum Gasteiger partial charge on any atom is -0.382 e. The predicted molar refractivity (Wildman–Crippen MR) is 303 cm³/mol. The number of halogens is 2. The first-order chi connectivity index (χ1) is 37.7. The largest absolute Gasteiger partial charge is 0.382 e. The first-order valence-corrected chi connectivity index (χ1v) is 29.0. The second kappa shape index (κ2) is 27.6. The molecule has 5 atom stereocenters. The van der Waals surface area contributed by atoms with Gasteiger partial charge in [0.15, 0.2) is 5.78 Å². The molecule has 8 rings (SSSR count). The number of carbonyl (C=O) groups excluding carboxylic acids is 5. The molecule has 5 aliphatic rings. The summed E-state index contributed by atoms with van der Waals surface area (Å²) in [5, 5.41) is 14.8. The fourth-order valence-electron chi connectivity index (χ4n) is 11.3. The maximum absolute atomic E-state index is 14.9. The Morgan fingerprint density at radius 2 is 1.67 bits per heavy atom. The van der Waals surface area contributed by atoms with Gasteiger partial charge in [0, 0.05) is 74.4 Å². The van der Waals surface area contributed by atoms with E-state index in [-0.39, 0.29) is 60.4 Å². The topological polar surface area (TPSA) is 203 Å². The number of Topliss-reactive ketones (excluding diaryl/α,β-unsaturated/α-hetero) is 1. The molecule has 0 saturated carbocycles. The van der Waals surface area contributed by atoms with Crippen molar-refractivity contribution in [1.29, 1.82) is 0 Å². The van der Waals surface area contributed by atoms with Crippen molar-refractivity contribution < 1.29 is 32.8 Å². The van der Waals surface area contributed by atoms with E-state index in [9.17, 15) is 32.8 Å². The molecule has 3 fully saturated rings. The highest BCUT2D eigenvalue weighted by Crippen LogP contribution is 2.37. The number of piperidine rings is 1. The summed E-state index contributed by atoms with van der Waals surface area (Å²) in [5.41, 5.74) is 10.5. The van der Waals surface area contributed by atoms with E-state index in [4.69, 9.17) is 15.8 Å². The molecule has 5 aliphatic heterocycles. The number of pyridine rings is 1. The lowest BCUT2D eigenvalue weighted by Gasteiger charge is -2.38. The number of likely N-dealkylation sites (N-methyl/N-ethyl adjacent to an activating group) is 1. The van der Waals surface area contributed by atoms with Crippen molar-refractivity contribution in [1.82, 2.24) is 45.4 Å². The molecule has 2 bridgehead atoms. The Morgan fingerprint density at radius 1 is 0.936 bits per heavy atom. The third kappa shape index (κ3) is 14.9. The number of nitrogens with two attached hydrogens (primary N) is 1. The van der Waals surface area contributed by atoms with Gasteiger partial charge >= 0.3 is 0 Å². The molecular weight excluding hydrogens is 1010 g/mol. The summed E-state index contributed by atoms with van der Waals surface area (Å²) >= 11 is 1.51. The zero-order valence-corrected chi connectivity index (χ0v) is 46.4. The van der Waals surface area contributed by atoms with Crippen molar-refractivity contribution in [2.24, 2.45) is 10.9 Å². The van der Waals surface area contributed by atoms with Gasteiger partial charge in [0.1, 0.15) is 29.5 Å². The van der Waals surface area contributed by atoms with Crippen molar-refractivity contribution >= 4 is 57.7 Å². The van der Waals surface area contributed by atoms with Crippen LogP contribution in [0.15, 0.2) is 83.9 Å². The van der Waals surface area contributed by atoms with E-state index in [1.54, 1.807) is 36.8 Å². The number of rotatable bonds is 20. The van der Waals surface area contributed by atoms with Gasteiger partial charge in [-0.25, -0.2) is 13.8 Å². The highest BCUT2D eigenvalue weighted by atomic mass is 32.2. The Morgan fingerprint density at radius 3 is 2.44 bits per heavy atom. The molecular formula is C58H78F2N12O5S. The number of aliphatic imine (C=N–C) groups is 1. The number of nitrogen functional groups attached to an aromatic ring is 1. The fraction of sp³-hybridized carbons (Fsp3) is 0.552. The first-order valence-electron chi connectivity index (χ1n) is 28.0. The molecule has 4 amide bonds. The van der Waals surface area contributed by atoms with Crippen LogP contribution in [0.2, 0.25) is 0 Å². The van der Waals surface area contributed by atoms with Gasteiger partial charge in [-0.15, -0.1) is 11.8 Å². The summed E-state index contributed by atoms with van der Waals surface area (Å²) < 4.78 is 30.2. The molecule has 420 valence electrons. The van der Waals surface area contributed by atoms with E-state index >= 15 is 0 Å². The van der Waals surface area contributed by atoms with Gasteiger partial charge in [0.2, 0.25) is 23.6 Å². The van der Waals surface area contributed by atoms with E-state index in [1.807, 2.05) is 17.2 Å². The molecule has 3 aromatic rings. The number of hydrogen-bond donors (Lipinski definition) is 4. The van der Waals surface area contributed by atoms with Crippen molar-refractivity contribution in [3.8, 4) is 11.1 Å². The van der Waals surface area contributed by atoms with E-state index in [0.29, 0.717) is 54.5 Å². The summed E-state index contributed by atoms with van der Waals surface area (Å²) in [4.78, 5) is 84.5. The van der Waals surface area contributed by atoms with E-state index < -0.39 is 29.8 Å². The van der Waals surface area contributed by atoms with E-state index in [1.165, 1.54) is 54.3 Å². The number of unbranched alkanes of at least 4 members (excludes halogenated alkanes) is 5. The number of anilines is 2. The number of hydrogen-bond acceptors (Lipinski definition) is 13. The van der Waals surface area contributed by atoms with E-state index in [0.717, 1.165) is 125 Å². The van der Waals surface area contributed by atoms with Gasteiger partial charge in [-0.3, -0.25) is 33.6 Å². The molecule has 0 aliphatic carbocycles. The second-order valence-electron chi connectivity index (χ2n) is 21.4. The lowest BCUT2D eigenvalue weighted by molar-refractivity contribution is -0.138. The number of nitrogens with one attached hydrogen (secondary N) is 3. The summed E-state index contributed by atoms with van der Waals surface area (Å²) in [6, 6.07) is 5.41. The number of likely N-dealkylation sites (tertiary alicyclic amines) is 2. The van der Waals surface area contributed by atoms with Crippen molar-refractivity contribution in [2.75, 3.05) is 69.8 Å². The number of allylic oxidation sites excluding steroid dienone is 2. The third-order valence-electron chi connectivity index (χ3n) is 16.0. The number of nitrogens with zero attached hydrogens (tertiary/aromatic N) is 8. The zero-order chi connectivity index (χ0) is 55.3. The van der Waals surface area contributed by atoms with Crippen LogP contribution >= 0.6 is 11.8 Å². The maximum Gasteiger partial charge on any atom is 0.246 e. The molecule has 2 aromatic heterocycles. The lowest BCUT2D eigenvalue weighted by atomic mass is 9.88. The van der Waals surface area contributed by atoms with Crippen LogP contribution in [0.4, 0.5) is 20.3 Å². The van der Waals surface area contributed by atoms with Gasteiger partial charge in [0.25, 0.3) is 0 Å². The summed E-state index contributed by atoms with van der Waals surface area (Å²) in [5.74, 6) is -0.693.